The number of nitrogens with one attached hydrogen (secondary N) is 1. The van der Waals surface area contributed by atoms with Crippen LogP contribution in [0.1, 0.15) is 53.4 Å². The molecule has 3 atom stereocenters. The molecular formula is C13H27NS. The number of rotatable bonds is 6. The Hall–Kier alpha value is 0.310. The summed E-state index contributed by atoms with van der Waals surface area (Å²) in [6.45, 7) is 10.5. The largest absolute Gasteiger partial charge is 0.313 e. The Morgan fingerprint density at radius 1 is 1.27 bits per heavy atom. The minimum atomic E-state index is 0.788. The molecule has 0 bridgehead atoms. The average molecular weight is 229 g/mol. The fourth-order valence-electron chi connectivity index (χ4n) is 2.08. The number of hydrogen-bond acceptors (Lipinski definition) is 2. The first-order valence-corrected chi connectivity index (χ1v) is 7.48. The summed E-state index contributed by atoms with van der Waals surface area (Å²) in [5.41, 5.74) is 0. The van der Waals surface area contributed by atoms with Gasteiger partial charge in [-0.1, -0.05) is 34.1 Å². The van der Waals surface area contributed by atoms with Crippen LogP contribution in [0.4, 0.5) is 0 Å². The SMILES string of the molecule is CCCNC1CCCC1SC(C)C(C)C. The minimum Gasteiger partial charge on any atom is -0.313 e. The van der Waals surface area contributed by atoms with Crippen LogP contribution < -0.4 is 5.32 Å². The molecule has 1 aliphatic rings. The van der Waals surface area contributed by atoms with Gasteiger partial charge in [-0.2, -0.15) is 11.8 Å². The van der Waals surface area contributed by atoms with Crippen LogP contribution in [0.15, 0.2) is 0 Å². The summed E-state index contributed by atoms with van der Waals surface area (Å²) in [5.74, 6) is 0.808. The van der Waals surface area contributed by atoms with E-state index in [4.69, 9.17) is 0 Å². The third-order valence-corrected chi connectivity index (χ3v) is 5.32. The van der Waals surface area contributed by atoms with E-state index in [1.54, 1.807) is 0 Å². The summed E-state index contributed by atoms with van der Waals surface area (Å²) >= 11 is 2.21. The third kappa shape index (κ3) is 4.36. The first-order chi connectivity index (χ1) is 7.15. The lowest BCUT2D eigenvalue weighted by molar-refractivity contribution is 0.528. The first kappa shape index (κ1) is 13.4. The Kier molecular flexibility index (Phi) is 6.06. The molecule has 1 rings (SSSR count). The molecule has 0 aromatic rings. The maximum Gasteiger partial charge on any atom is 0.0203 e. The average Bonchev–Trinajstić information content (AvgIpc) is 2.62. The Bertz CT molecular complexity index is 170. The van der Waals surface area contributed by atoms with E-state index in [1.165, 1.54) is 32.2 Å². The van der Waals surface area contributed by atoms with Crippen LogP contribution in [0.5, 0.6) is 0 Å². The second-order valence-corrected chi connectivity index (χ2v) is 6.74. The van der Waals surface area contributed by atoms with Crippen LogP contribution in [0.25, 0.3) is 0 Å². The lowest BCUT2D eigenvalue weighted by atomic mass is 10.2. The number of hydrogen-bond donors (Lipinski definition) is 1. The van der Waals surface area contributed by atoms with E-state index in [9.17, 15) is 0 Å². The predicted octanol–water partition coefficient (Wildman–Crippen LogP) is 3.68. The van der Waals surface area contributed by atoms with E-state index in [0.29, 0.717) is 0 Å². The van der Waals surface area contributed by atoms with Crippen molar-refractivity contribution in [3.8, 4) is 0 Å². The van der Waals surface area contributed by atoms with E-state index < -0.39 is 0 Å². The molecule has 0 saturated heterocycles. The molecule has 0 aromatic heterocycles. The Morgan fingerprint density at radius 2 is 2.00 bits per heavy atom. The van der Waals surface area contributed by atoms with Gasteiger partial charge in [0.1, 0.15) is 0 Å². The van der Waals surface area contributed by atoms with Crippen molar-refractivity contribution in [2.24, 2.45) is 5.92 Å². The smallest absolute Gasteiger partial charge is 0.0203 e. The van der Waals surface area contributed by atoms with Gasteiger partial charge in [-0.3, -0.25) is 0 Å². The molecule has 1 saturated carbocycles. The van der Waals surface area contributed by atoms with E-state index in [-0.39, 0.29) is 0 Å². The monoisotopic (exact) mass is 229 g/mol. The van der Waals surface area contributed by atoms with Gasteiger partial charge in [0, 0.05) is 16.5 Å². The Morgan fingerprint density at radius 3 is 2.60 bits per heavy atom. The van der Waals surface area contributed by atoms with Gasteiger partial charge in [-0.25, -0.2) is 0 Å². The van der Waals surface area contributed by atoms with Crippen LogP contribution in [0, 0.1) is 5.92 Å². The Balaban J connectivity index is 2.32. The summed E-state index contributed by atoms with van der Waals surface area (Å²) in [5, 5.41) is 5.38. The topological polar surface area (TPSA) is 12.0 Å². The molecule has 3 unspecified atom stereocenters. The summed E-state index contributed by atoms with van der Waals surface area (Å²) in [7, 11) is 0. The molecule has 1 nitrogen and oxygen atoms in total. The van der Waals surface area contributed by atoms with Crippen molar-refractivity contribution in [3.63, 3.8) is 0 Å². The van der Waals surface area contributed by atoms with Crippen molar-refractivity contribution >= 4 is 11.8 Å². The summed E-state index contributed by atoms with van der Waals surface area (Å²) in [4.78, 5) is 0. The molecule has 0 spiro atoms. The molecule has 0 radical (unpaired) electrons. The minimum absolute atomic E-state index is 0.788. The van der Waals surface area contributed by atoms with Crippen molar-refractivity contribution in [1.82, 2.24) is 5.32 Å². The van der Waals surface area contributed by atoms with Crippen LogP contribution in [0.3, 0.4) is 0 Å². The zero-order valence-corrected chi connectivity index (χ0v) is 11.6. The van der Waals surface area contributed by atoms with Crippen LogP contribution in [-0.2, 0) is 0 Å². The highest BCUT2D eigenvalue weighted by molar-refractivity contribution is 8.00. The molecule has 90 valence electrons. The molecule has 1 aliphatic carbocycles. The summed E-state index contributed by atoms with van der Waals surface area (Å²) in [6, 6.07) is 0.788. The van der Waals surface area contributed by atoms with Gasteiger partial charge in [0.05, 0.1) is 0 Å². The maximum absolute atomic E-state index is 3.70. The highest BCUT2D eigenvalue weighted by Gasteiger charge is 2.28. The molecule has 1 N–H and O–H groups in total. The number of thioether (sulfide) groups is 1. The van der Waals surface area contributed by atoms with E-state index in [0.717, 1.165) is 22.5 Å². The van der Waals surface area contributed by atoms with Crippen LogP contribution >= 0.6 is 11.8 Å². The van der Waals surface area contributed by atoms with Crippen LogP contribution in [0.2, 0.25) is 0 Å². The molecular weight excluding hydrogens is 202 g/mol. The van der Waals surface area contributed by atoms with Crippen molar-refractivity contribution in [3.05, 3.63) is 0 Å². The van der Waals surface area contributed by atoms with Gasteiger partial charge in [0.2, 0.25) is 0 Å². The second-order valence-electron chi connectivity index (χ2n) is 5.12. The zero-order chi connectivity index (χ0) is 11.3. The quantitative estimate of drug-likeness (QED) is 0.745. The van der Waals surface area contributed by atoms with Gasteiger partial charge >= 0.3 is 0 Å². The van der Waals surface area contributed by atoms with Crippen molar-refractivity contribution in [2.45, 2.75) is 69.9 Å². The van der Waals surface area contributed by atoms with Gasteiger partial charge in [0.25, 0.3) is 0 Å². The molecule has 0 heterocycles. The Labute approximate surface area is 99.8 Å². The van der Waals surface area contributed by atoms with Gasteiger partial charge < -0.3 is 5.32 Å². The molecule has 0 amide bonds. The standard InChI is InChI=1S/C13H27NS/c1-5-9-14-12-7-6-8-13(12)15-11(4)10(2)3/h10-14H,5-9H2,1-4H3. The molecule has 15 heavy (non-hydrogen) atoms. The van der Waals surface area contributed by atoms with Crippen LogP contribution in [-0.4, -0.2) is 23.1 Å². The highest BCUT2D eigenvalue weighted by Crippen LogP contribution is 2.34. The summed E-state index contributed by atoms with van der Waals surface area (Å²) < 4.78 is 0. The molecule has 0 aromatic carbocycles. The van der Waals surface area contributed by atoms with Crippen molar-refractivity contribution in [2.75, 3.05) is 6.54 Å². The maximum atomic E-state index is 3.70. The highest BCUT2D eigenvalue weighted by atomic mass is 32.2. The molecule has 0 aliphatic heterocycles. The first-order valence-electron chi connectivity index (χ1n) is 6.54. The zero-order valence-electron chi connectivity index (χ0n) is 10.8. The lowest BCUT2D eigenvalue weighted by Crippen LogP contribution is -2.35. The summed E-state index contributed by atoms with van der Waals surface area (Å²) in [6.07, 6.45) is 5.49. The van der Waals surface area contributed by atoms with Gasteiger partial charge in [-0.15, -0.1) is 0 Å². The normalized spacial score (nSPS) is 28.6. The third-order valence-electron chi connectivity index (χ3n) is 3.44. The molecule has 2 heteroatoms. The lowest BCUT2D eigenvalue weighted by Gasteiger charge is -2.25. The fraction of sp³-hybridized carbons (Fsp3) is 1.00. The molecule has 1 fully saturated rings. The van der Waals surface area contributed by atoms with Crippen molar-refractivity contribution in [1.29, 1.82) is 0 Å². The van der Waals surface area contributed by atoms with Gasteiger partial charge in [0.15, 0.2) is 0 Å². The van der Waals surface area contributed by atoms with Crippen molar-refractivity contribution < 1.29 is 0 Å². The second kappa shape index (κ2) is 6.80. The van der Waals surface area contributed by atoms with E-state index >= 15 is 0 Å². The fourth-order valence-corrected chi connectivity index (χ4v) is 3.68. The van der Waals surface area contributed by atoms with Gasteiger partial charge in [-0.05, 0) is 31.7 Å². The van der Waals surface area contributed by atoms with E-state index in [1.807, 2.05) is 0 Å². The van der Waals surface area contributed by atoms with E-state index in [2.05, 4.69) is 44.8 Å². The predicted molar refractivity (Wildman–Crippen MR) is 71.6 cm³/mol.